The lowest BCUT2D eigenvalue weighted by atomic mass is 9.78. The SMILES string of the molecule is Cc1nc(S(=O)(=O)NC2(C(N)=S)CCC(C)CC2)cn1C. The molecule has 0 spiro atoms. The van der Waals surface area contributed by atoms with Gasteiger partial charge in [0.15, 0.2) is 5.03 Å². The minimum absolute atomic E-state index is 0.0109. The third-order valence-corrected chi connectivity index (χ3v) is 6.09. The van der Waals surface area contributed by atoms with Crippen LogP contribution in [-0.2, 0) is 17.1 Å². The minimum Gasteiger partial charge on any atom is -0.392 e. The molecule has 0 aromatic carbocycles. The number of nitrogens with one attached hydrogen (secondary N) is 1. The van der Waals surface area contributed by atoms with E-state index in [-0.39, 0.29) is 10.0 Å². The summed E-state index contributed by atoms with van der Waals surface area (Å²) in [6.45, 7) is 3.91. The first kappa shape index (κ1) is 16.4. The number of hydrogen-bond acceptors (Lipinski definition) is 4. The quantitative estimate of drug-likeness (QED) is 0.811. The number of nitrogens with zero attached hydrogens (tertiary/aromatic N) is 2. The van der Waals surface area contributed by atoms with E-state index in [0.717, 1.165) is 12.8 Å². The fourth-order valence-electron chi connectivity index (χ4n) is 2.62. The first-order valence-electron chi connectivity index (χ1n) is 7.00. The first-order valence-corrected chi connectivity index (χ1v) is 8.89. The minimum atomic E-state index is -3.73. The van der Waals surface area contributed by atoms with E-state index in [0.29, 0.717) is 24.6 Å². The lowest BCUT2D eigenvalue weighted by Crippen LogP contribution is -2.58. The predicted molar refractivity (Wildman–Crippen MR) is 85.4 cm³/mol. The van der Waals surface area contributed by atoms with Gasteiger partial charge in [-0.1, -0.05) is 19.1 Å². The summed E-state index contributed by atoms with van der Waals surface area (Å²) in [5.74, 6) is 1.20. The lowest BCUT2D eigenvalue weighted by molar-refractivity contribution is 0.289. The zero-order chi connectivity index (χ0) is 15.8. The largest absolute Gasteiger partial charge is 0.392 e. The fraction of sp³-hybridized carbons (Fsp3) is 0.692. The molecule has 1 fully saturated rings. The van der Waals surface area contributed by atoms with Gasteiger partial charge in [0.2, 0.25) is 0 Å². The van der Waals surface area contributed by atoms with Crippen molar-refractivity contribution in [1.82, 2.24) is 14.3 Å². The van der Waals surface area contributed by atoms with Crippen LogP contribution in [0.15, 0.2) is 11.2 Å². The summed E-state index contributed by atoms with van der Waals surface area (Å²) >= 11 is 5.14. The van der Waals surface area contributed by atoms with Gasteiger partial charge < -0.3 is 10.3 Å². The van der Waals surface area contributed by atoms with Gasteiger partial charge >= 0.3 is 0 Å². The number of aromatic nitrogens is 2. The van der Waals surface area contributed by atoms with Gasteiger partial charge in [0.1, 0.15) is 5.82 Å². The topological polar surface area (TPSA) is 90.0 Å². The number of thiocarbonyl (C=S) groups is 1. The third-order valence-electron chi connectivity index (χ3n) is 4.29. The van der Waals surface area contributed by atoms with Gasteiger partial charge in [0.05, 0.1) is 10.5 Å². The molecule has 1 aromatic heterocycles. The second kappa shape index (κ2) is 5.66. The molecule has 0 aliphatic heterocycles. The molecule has 0 unspecified atom stereocenters. The number of rotatable bonds is 4. The van der Waals surface area contributed by atoms with E-state index in [1.54, 1.807) is 18.5 Å². The Morgan fingerprint density at radius 3 is 2.52 bits per heavy atom. The molecule has 21 heavy (non-hydrogen) atoms. The van der Waals surface area contributed by atoms with Crippen molar-refractivity contribution >= 4 is 27.2 Å². The number of imidazole rings is 1. The maximum Gasteiger partial charge on any atom is 0.260 e. The van der Waals surface area contributed by atoms with Gasteiger partial charge in [-0.3, -0.25) is 0 Å². The molecule has 3 N–H and O–H groups in total. The number of hydrogen-bond donors (Lipinski definition) is 2. The van der Waals surface area contributed by atoms with Crippen LogP contribution in [0.2, 0.25) is 0 Å². The van der Waals surface area contributed by atoms with E-state index < -0.39 is 15.6 Å². The average Bonchev–Trinajstić information content (AvgIpc) is 2.73. The van der Waals surface area contributed by atoms with E-state index in [2.05, 4.69) is 16.6 Å². The molecule has 8 heteroatoms. The van der Waals surface area contributed by atoms with Gasteiger partial charge in [0.25, 0.3) is 10.0 Å². The van der Waals surface area contributed by atoms with Crippen molar-refractivity contribution in [2.24, 2.45) is 18.7 Å². The summed E-state index contributed by atoms with van der Waals surface area (Å²) in [6, 6.07) is 0. The van der Waals surface area contributed by atoms with Crippen molar-refractivity contribution < 1.29 is 8.42 Å². The smallest absolute Gasteiger partial charge is 0.260 e. The van der Waals surface area contributed by atoms with Crippen molar-refractivity contribution in [2.75, 3.05) is 0 Å². The molecule has 0 radical (unpaired) electrons. The van der Waals surface area contributed by atoms with Crippen molar-refractivity contribution in [2.45, 2.75) is 50.1 Å². The van der Waals surface area contributed by atoms with Crippen LogP contribution in [0.3, 0.4) is 0 Å². The molecule has 1 aromatic rings. The van der Waals surface area contributed by atoms with E-state index in [1.165, 1.54) is 6.20 Å². The number of sulfonamides is 1. The summed E-state index contributed by atoms with van der Waals surface area (Å²) in [5.41, 5.74) is 5.02. The highest BCUT2D eigenvalue weighted by atomic mass is 32.2. The Hall–Kier alpha value is -0.990. The lowest BCUT2D eigenvalue weighted by Gasteiger charge is -2.38. The summed E-state index contributed by atoms with van der Waals surface area (Å²) in [7, 11) is -1.98. The molecular weight excluding hydrogens is 308 g/mol. The molecule has 0 atom stereocenters. The molecule has 1 aliphatic rings. The summed E-state index contributed by atoms with van der Waals surface area (Å²) in [6.07, 6.45) is 4.57. The van der Waals surface area contributed by atoms with Gasteiger partial charge in [-0.05, 0) is 38.5 Å². The van der Waals surface area contributed by atoms with Gasteiger partial charge in [0, 0.05) is 13.2 Å². The Balaban J connectivity index is 2.30. The number of nitrogens with two attached hydrogens (primary N) is 1. The Labute approximate surface area is 131 Å². The Morgan fingerprint density at radius 1 is 1.52 bits per heavy atom. The molecule has 0 bridgehead atoms. The third kappa shape index (κ3) is 3.27. The molecule has 1 saturated carbocycles. The van der Waals surface area contributed by atoms with Gasteiger partial charge in [-0.25, -0.2) is 13.4 Å². The van der Waals surface area contributed by atoms with Gasteiger partial charge in [-0.2, -0.15) is 4.72 Å². The van der Waals surface area contributed by atoms with Crippen LogP contribution < -0.4 is 10.5 Å². The molecule has 0 amide bonds. The normalized spacial score (nSPS) is 26.7. The number of aryl methyl sites for hydroxylation is 2. The van der Waals surface area contributed by atoms with Crippen molar-refractivity contribution in [3.05, 3.63) is 12.0 Å². The average molecular weight is 330 g/mol. The van der Waals surface area contributed by atoms with Crippen LogP contribution in [0.1, 0.15) is 38.4 Å². The summed E-state index contributed by atoms with van der Waals surface area (Å²) in [4.78, 5) is 4.29. The van der Waals surface area contributed by atoms with Crippen LogP contribution in [-0.4, -0.2) is 28.5 Å². The van der Waals surface area contributed by atoms with Gasteiger partial charge in [-0.15, -0.1) is 0 Å². The highest BCUT2D eigenvalue weighted by molar-refractivity contribution is 7.89. The van der Waals surface area contributed by atoms with Crippen LogP contribution >= 0.6 is 12.2 Å². The zero-order valence-corrected chi connectivity index (χ0v) is 14.2. The van der Waals surface area contributed by atoms with Crippen LogP contribution in [0.5, 0.6) is 0 Å². The highest BCUT2D eigenvalue weighted by Crippen LogP contribution is 2.33. The molecule has 1 aliphatic carbocycles. The van der Waals surface area contributed by atoms with Crippen LogP contribution in [0.4, 0.5) is 0 Å². The maximum atomic E-state index is 12.6. The van der Waals surface area contributed by atoms with Crippen LogP contribution in [0.25, 0.3) is 0 Å². The monoisotopic (exact) mass is 330 g/mol. The molecule has 1 heterocycles. The Bertz CT molecular complexity index is 624. The highest BCUT2D eigenvalue weighted by Gasteiger charge is 2.41. The second-order valence-electron chi connectivity index (χ2n) is 5.97. The summed E-state index contributed by atoms with van der Waals surface area (Å²) in [5, 5.41) is 0.0109. The molecule has 2 rings (SSSR count). The zero-order valence-electron chi connectivity index (χ0n) is 12.6. The van der Waals surface area contributed by atoms with E-state index in [9.17, 15) is 8.42 Å². The first-order chi connectivity index (χ1) is 9.66. The molecule has 6 nitrogen and oxygen atoms in total. The van der Waals surface area contributed by atoms with Crippen molar-refractivity contribution in [1.29, 1.82) is 0 Å². The van der Waals surface area contributed by atoms with Crippen molar-refractivity contribution in [3.63, 3.8) is 0 Å². The standard InChI is InChI=1S/C13H22N4O2S2/c1-9-4-6-13(7-5-9,12(14)20)16-21(18,19)11-8-17(3)10(2)15-11/h8-9,16H,4-7H2,1-3H3,(H2,14,20). The maximum absolute atomic E-state index is 12.6. The van der Waals surface area contributed by atoms with E-state index >= 15 is 0 Å². The van der Waals surface area contributed by atoms with E-state index in [4.69, 9.17) is 18.0 Å². The summed E-state index contributed by atoms with van der Waals surface area (Å²) < 4.78 is 29.5. The second-order valence-corrected chi connectivity index (χ2v) is 8.04. The fourth-order valence-corrected chi connectivity index (χ4v) is 4.42. The predicted octanol–water partition coefficient (Wildman–Crippen LogP) is 1.24. The molecular formula is C13H22N4O2S2. The Kier molecular flexibility index (Phi) is 4.41. The van der Waals surface area contributed by atoms with E-state index in [1.807, 2.05) is 0 Å². The Morgan fingerprint density at radius 2 is 2.10 bits per heavy atom. The van der Waals surface area contributed by atoms with Crippen LogP contribution in [0, 0.1) is 12.8 Å². The molecule has 0 saturated heterocycles. The van der Waals surface area contributed by atoms with Crippen molar-refractivity contribution in [3.8, 4) is 0 Å². The molecule has 118 valence electrons.